The first-order valence-corrected chi connectivity index (χ1v) is 10.6. The highest BCUT2D eigenvalue weighted by Gasteiger charge is 2.33. The molecule has 1 saturated heterocycles. The molecule has 1 atom stereocenters. The molecule has 0 radical (unpaired) electrons. The Labute approximate surface area is 159 Å². The first kappa shape index (κ1) is 17.8. The second-order valence-electron chi connectivity index (χ2n) is 6.58. The van der Waals surface area contributed by atoms with Gasteiger partial charge in [-0.25, -0.2) is 8.42 Å². The van der Waals surface area contributed by atoms with Crippen LogP contribution in [0.3, 0.4) is 0 Å². The molecule has 2 aromatic carbocycles. The first-order chi connectivity index (χ1) is 12.6. The summed E-state index contributed by atoms with van der Waals surface area (Å²) < 4.78 is 33.0. The number of fused-ring (bicyclic) bond motifs is 1. The summed E-state index contributed by atoms with van der Waals surface area (Å²) in [6.07, 6.45) is 0.931. The standard InChI is InChI=1S/C19H21ClN2O3S/c20-15-5-7-16(8-6-15)26(23,24)22-12-10-21(11-13-22)18-9-14-25-19-4-2-1-3-17(18)19/h1-8,18H,9-14H2. The molecule has 0 amide bonds. The average Bonchev–Trinajstić information content (AvgIpc) is 2.68. The highest BCUT2D eigenvalue weighted by atomic mass is 35.5. The number of rotatable bonds is 3. The fourth-order valence-electron chi connectivity index (χ4n) is 3.71. The van der Waals surface area contributed by atoms with Gasteiger partial charge in [-0.15, -0.1) is 0 Å². The summed E-state index contributed by atoms with van der Waals surface area (Å²) in [6, 6.07) is 14.8. The third kappa shape index (κ3) is 3.34. The smallest absolute Gasteiger partial charge is 0.243 e. The summed E-state index contributed by atoms with van der Waals surface area (Å²) in [4.78, 5) is 2.67. The van der Waals surface area contributed by atoms with Crippen LogP contribution in [0.15, 0.2) is 53.4 Å². The lowest BCUT2D eigenvalue weighted by atomic mass is 9.98. The van der Waals surface area contributed by atoms with E-state index in [0.29, 0.717) is 48.7 Å². The Kier molecular flexibility index (Phi) is 4.92. The topological polar surface area (TPSA) is 49.9 Å². The van der Waals surface area contributed by atoms with Crippen LogP contribution in [0.5, 0.6) is 5.75 Å². The number of sulfonamides is 1. The molecular formula is C19H21ClN2O3S. The minimum absolute atomic E-state index is 0.292. The van der Waals surface area contributed by atoms with Crippen molar-refractivity contribution in [3.63, 3.8) is 0 Å². The Bertz CT molecular complexity index is 878. The lowest BCUT2D eigenvalue weighted by Gasteiger charge is -2.40. The van der Waals surface area contributed by atoms with E-state index in [1.165, 1.54) is 5.56 Å². The van der Waals surface area contributed by atoms with E-state index < -0.39 is 10.0 Å². The van der Waals surface area contributed by atoms with E-state index in [-0.39, 0.29) is 0 Å². The Balaban J connectivity index is 1.47. The summed E-state index contributed by atoms with van der Waals surface area (Å²) in [5.41, 5.74) is 1.20. The molecule has 5 nitrogen and oxygen atoms in total. The Hall–Kier alpha value is -1.60. The summed E-state index contributed by atoms with van der Waals surface area (Å²) in [7, 11) is -3.47. The van der Waals surface area contributed by atoms with Gasteiger partial charge in [0.15, 0.2) is 0 Å². The van der Waals surface area contributed by atoms with Crippen LogP contribution in [0.2, 0.25) is 5.02 Å². The zero-order valence-electron chi connectivity index (χ0n) is 14.3. The van der Waals surface area contributed by atoms with Crippen LogP contribution >= 0.6 is 11.6 Å². The van der Waals surface area contributed by atoms with Gasteiger partial charge in [-0.3, -0.25) is 4.90 Å². The third-order valence-corrected chi connectivity index (χ3v) is 7.26. The number of halogens is 1. The normalized spacial score (nSPS) is 21.8. The molecule has 1 fully saturated rings. The van der Waals surface area contributed by atoms with Gasteiger partial charge in [0.05, 0.1) is 11.5 Å². The zero-order chi connectivity index (χ0) is 18.1. The molecule has 0 spiro atoms. The Morgan fingerprint density at radius 2 is 1.65 bits per heavy atom. The van der Waals surface area contributed by atoms with E-state index in [1.54, 1.807) is 28.6 Å². The molecule has 2 aliphatic heterocycles. The lowest BCUT2D eigenvalue weighted by Crippen LogP contribution is -2.50. The van der Waals surface area contributed by atoms with E-state index >= 15 is 0 Å². The fourth-order valence-corrected chi connectivity index (χ4v) is 5.26. The maximum atomic E-state index is 12.8. The molecule has 7 heteroatoms. The Morgan fingerprint density at radius 1 is 0.962 bits per heavy atom. The molecule has 0 N–H and O–H groups in total. The lowest BCUT2D eigenvalue weighted by molar-refractivity contribution is 0.103. The van der Waals surface area contributed by atoms with E-state index in [0.717, 1.165) is 12.2 Å². The van der Waals surface area contributed by atoms with E-state index in [4.69, 9.17) is 16.3 Å². The molecule has 2 aliphatic rings. The molecule has 138 valence electrons. The monoisotopic (exact) mass is 392 g/mol. The molecule has 0 aromatic heterocycles. The van der Waals surface area contributed by atoms with Crippen LogP contribution < -0.4 is 4.74 Å². The Morgan fingerprint density at radius 3 is 2.38 bits per heavy atom. The number of piperazine rings is 1. The van der Waals surface area contributed by atoms with Crippen molar-refractivity contribution in [1.82, 2.24) is 9.21 Å². The fraction of sp³-hybridized carbons (Fsp3) is 0.368. The molecule has 2 heterocycles. The number of para-hydroxylation sites is 1. The van der Waals surface area contributed by atoms with Crippen molar-refractivity contribution in [1.29, 1.82) is 0 Å². The van der Waals surface area contributed by atoms with Crippen LogP contribution in [0.4, 0.5) is 0 Å². The van der Waals surface area contributed by atoms with E-state index in [9.17, 15) is 8.42 Å². The van der Waals surface area contributed by atoms with Gasteiger partial charge in [0.25, 0.3) is 0 Å². The van der Waals surface area contributed by atoms with Crippen molar-refractivity contribution >= 4 is 21.6 Å². The molecule has 0 bridgehead atoms. The summed E-state index contributed by atoms with van der Waals surface area (Å²) in [5.74, 6) is 0.944. The second kappa shape index (κ2) is 7.19. The minimum atomic E-state index is -3.47. The summed E-state index contributed by atoms with van der Waals surface area (Å²) >= 11 is 5.87. The number of nitrogens with zero attached hydrogens (tertiary/aromatic N) is 2. The van der Waals surface area contributed by atoms with Gasteiger partial charge in [0, 0.05) is 49.2 Å². The third-order valence-electron chi connectivity index (χ3n) is 5.09. The van der Waals surface area contributed by atoms with Gasteiger partial charge in [0.2, 0.25) is 10.0 Å². The SMILES string of the molecule is O=S(=O)(c1ccc(Cl)cc1)N1CCN(C2CCOc3ccccc32)CC1. The average molecular weight is 393 g/mol. The van der Waals surface area contributed by atoms with Crippen molar-refractivity contribution in [3.8, 4) is 5.75 Å². The summed E-state index contributed by atoms with van der Waals surface area (Å²) in [5, 5.41) is 0.534. The summed E-state index contributed by atoms with van der Waals surface area (Å²) in [6.45, 7) is 3.11. The molecule has 0 saturated carbocycles. The quantitative estimate of drug-likeness (QED) is 0.805. The van der Waals surface area contributed by atoms with Crippen LogP contribution in [0, 0.1) is 0 Å². The zero-order valence-corrected chi connectivity index (χ0v) is 15.9. The number of ether oxygens (including phenoxy) is 1. The largest absolute Gasteiger partial charge is 0.493 e. The van der Waals surface area contributed by atoms with Gasteiger partial charge in [-0.1, -0.05) is 29.8 Å². The highest BCUT2D eigenvalue weighted by Crippen LogP contribution is 2.36. The maximum absolute atomic E-state index is 12.8. The molecule has 26 heavy (non-hydrogen) atoms. The molecule has 1 unspecified atom stereocenters. The van der Waals surface area contributed by atoms with Gasteiger partial charge >= 0.3 is 0 Å². The van der Waals surface area contributed by atoms with Crippen molar-refractivity contribution < 1.29 is 13.2 Å². The van der Waals surface area contributed by atoms with Gasteiger partial charge < -0.3 is 4.74 Å². The molecular weight excluding hydrogens is 372 g/mol. The van der Waals surface area contributed by atoms with Gasteiger partial charge in [0.1, 0.15) is 5.75 Å². The number of benzene rings is 2. The second-order valence-corrected chi connectivity index (χ2v) is 8.96. The van der Waals surface area contributed by atoms with E-state index in [1.807, 2.05) is 18.2 Å². The maximum Gasteiger partial charge on any atom is 0.243 e. The first-order valence-electron chi connectivity index (χ1n) is 8.77. The highest BCUT2D eigenvalue weighted by molar-refractivity contribution is 7.89. The predicted octanol–water partition coefficient (Wildman–Crippen LogP) is 3.17. The van der Waals surface area contributed by atoms with Crippen molar-refractivity contribution in [2.75, 3.05) is 32.8 Å². The minimum Gasteiger partial charge on any atom is -0.493 e. The molecule has 4 rings (SSSR count). The van der Waals surface area contributed by atoms with Crippen LogP contribution in [-0.4, -0.2) is 50.4 Å². The van der Waals surface area contributed by atoms with Crippen LogP contribution in [0.25, 0.3) is 0 Å². The van der Waals surface area contributed by atoms with Crippen molar-refractivity contribution in [3.05, 3.63) is 59.1 Å². The van der Waals surface area contributed by atoms with Crippen LogP contribution in [0.1, 0.15) is 18.0 Å². The van der Waals surface area contributed by atoms with Crippen molar-refractivity contribution in [2.45, 2.75) is 17.4 Å². The van der Waals surface area contributed by atoms with E-state index in [2.05, 4.69) is 11.0 Å². The van der Waals surface area contributed by atoms with Gasteiger partial charge in [-0.2, -0.15) is 4.31 Å². The molecule has 0 aliphatic carbocycles. The van der Waals surface area contributed by atoms with Crippen molar-refractivity contribution in [2.24, 2.45) is 0 Å². The van der Waals surface area contributed by atoms with Gasteiger partial charge in [-0.05, 0) is 30.3 Å². The molecule has 2 aromatic rings. The number of hydrogen-bond donors (Lipinski definition) is 0. The predicted molar refractivity (Wildman–Crippen MR) is 101 cm³/mol. The van der Waals surface area contributed by atoms with Crippen LogP contribution in [-0.2, 0) is 10.0 Å². The number of hydrogen-bond acceptors (Lipinski definition) is 4.